The Bertz CT molecular complexity index is 954. The van der Waals surface area contributed by atoms with Crippen molar-refractivity contribution in [3.63, 3.8) is 0 Å². The van der Waals surface area contributed by atoms with Gasteiger partial charge in [0.25, 0.3) is 0 Å². The number of fused-ring (bicyclic) bond motifs is 2. The van der Waals surface area contributed by atoms with Crippen molar-refractivity contribution >= 4 is 39.7 Å². The highest BCUT2D eigenvalue weighted by molar-refractivity contribution is 6.02. The van der Waals surface area contributed by atoms with Gasteiger partial charge in [-0.25, -0.2) is 9.97 Å². The molecule has 0 bridgehead atoms. The third kappa shape index (κ3) is 1.83. The number of hydrogen-bond acceptors (Lipinski definition) is 5. The van der Waals surface area contributed by atoms with Gasteiger partial charge in [0.05, 0.1) is 17.1 Å². The van der Waals surface area contributed by atoms with Gasteiger partial charge >= 0.3 is 0 Å². The van der Waals surface area contributed by atoms with Crippen molar-refractivity contribution in [3.05, 3.63) is 42.5 Å². The molecular formula is C14H10N6O. The Morgan fingerprint density at radius 2 is 2.19 bits per heavy atom. The van der Waals surface area contributed by atoms with Crippen molar-refractivity contribution in [1.82, 2.24) is 25.1 Å². The number of aromatic amines is 2. The van der Waals surface area contributed by atoms with Gasteiger partial charge in [-0.2, -0.15) is 5.10 Å². The summed E-state index contributed by atoms with van der Waals surface area (Å²) in [5.41, 5.74) is 2.97. The molecule has 7 nitrogen and oxygen atoms in total. The van der Waals surface area contributed by atoms with Crippen LogP contribution in [0.5, 0.6) is 0 Å². The summed E-state index contributed by atoms with van der Waals surface area (Å²) in [4.78, 5) is 22.4. The molecule has 102 valence electrons. The van der Waals surface area contributed by atoms with Crippen LogP contribution in [-0.4, -0.2) is 31.4 Å². The van der Waals surface area contributed by atoms with E-state index in [2.05, 4.69) is 30.5 Å². The van der Waals surface area contributed by atoms with Gasteiger partial charge in [0.2, 0.25) is 0 Å². The molecule has 0 fully saturated rings. The van der Waals surface area contributed by atoms with Crippen molar-refractivity contribution in [1.29, 1.82) is 0 Å². The fourth-order valence-corrected chi connectivity index (χ4v) is 2.33. The number of benzene rings is 1. The largest absolute Gasteiger partial charge is 0.345 e. The zero-order chi connectivity index (χ0) is 14.2. The van der Waals surface area contributed by atoms with E-state index in [9.17, 15) is 4.79 Å². The number of anilines is 2. The number of aromatic nitrogens is 5. The van der Waals surface area contributed by atoms with E-state index in [0.29, 0.717) is 22.4 Å². The van der Waals surface area contributed by atoms with E-state index >= 15 is 0 Å². The summed E-state index contributed by atoms with van der Waals surface area (Å²) in [6, 6.07) is 5.81. The average Bonchev–Trinajstić information content (AvgIpc) is 3.13. The van der Waals surface area contributed by atoms with Gasteiger partial charge in [-0.15, -0.1) is 0 Å². The van der Waals surface area contributed by atoms with Crippen LogP contribution in [-0.2, 0) is 0 Å². The molecule has 0 aliphatic rings. The summed E-state index contributed by atoms with van der Waals surface area (Å²) in [5.74, 6) is 0.589. The maximum atomic E-state index is 11.1. The van der Waals surface area contributed by atoms with Gasteiger partial charge in [0.1, 0.15) is 17.8 Å². The predicted octanol–water partition coefficient (Wildman–Crippen LogP) is 2.39. The van der Waals surface area contributed by atoms with Gasteiger partial charge in [-0.05, 0) is 18.2 Å². The van der Waals surface area contributed by atoms with Gasteiger partial charge in [0.15, 0.2) is 6.29 Å². The number of aldehydes is 1. The quantitative estimate of drug-likeness (QED) is 0.500. The first-order valence-corrected chi connectivity index (χ1v) is 6.32. The van der Waals surface area contributed by atoms with E-state index in [1.54, 1.807) is 12.4 Å². The summed E-state index contributed by atoms with van der Waals surface area (Å²) >= 11 is 0. The molecule has 0 aliphatic carbocycles. The standard InChI is InChI=1S/C14H10N6O/c21-6-9-4-15-13-12(9)14(17-7-16-13)19-10-1-2-11-8(3-10)5-18-20-11/h1-7H,(H,18,20)(H2,15,16,17,19). The van der Waals surface area contributed by atoms with Gasteiger partial charge < -0.3 is 10.3 Å². The molecule has 1 aromatic carbocycles. The number of H-pyrrole nitrogens is 2. The fourth-order valence-electron chi connectivity index (χ4n) is 2.33. The van der Waals surface area contributed by atoms with Crippen molar-refractivity contribution in [2.45, 2.75) is 0 Å². The smallest absolute Gasteiger partial charge is 0.152 e. The maximum absolute atomic E-state index is 11.1. The van der Waals surface area contributed by atoms with Crippen LogP contribution in [0.4, 0.5) is 11.5 Å². The average molecular weight is 278 g/mol. The Morgan fingerprint density at radius 1 is 1.24 bits per heavy atom. The Kier molecular flexibility index (Phi) is 2.43. The van der Waals surface area contributed by atoms with Crippen molar-refractivity contribution < 1.29 is 4.79 Å². The summed E-state index contributed by atoms with van der Waals surface area (Å²) in [6.07, 6.45) is 5.61. The highest BCUT2D eigenvalue weighted by atomic mass is 16.1. The van der Waals surface area contributed by atoms with Gasteiger partial charge in [-0.3, -0.25) is 9.89 Å². The van der Waals surface area contributed by atoms with E-state index in [-0.39, 0.29) is 0 Å². The molecule has 3 N–H and O–H groups in total. The summed E-state index contributed by atoms with van der Waals surface area (Å²) in [5, 5.41) is 11.8. The molecule has 0 radical (unpaired) electrons. The maximum Gasteiger partial charge on any atom is 0.152 e. The predicted molar refractivity (Wildman–Crippen MR) is 78.7 cm³/mol. The summed E-state index contributed by atoms with van der Waals surface area (Å²) in [6.45, 7) is 0. The van der Waals surface area contributed by atoms with Crippen LogP contribution in [0.2, 0.25) is 0 Å². The number of rotatable bonds is 3. The molecule has 0 saturated carbocycles. The number of nitrogens with one attached hydrogen (secondary N) is 3. The lowest BCUT2D eigenvalue weighted by molar-refractivity contribution is 0.112. The van der Waals surface area contributed by atoms with Crippen LogP contribution >= 0.6 is 0 Å². The zero-order valence-corrected chi connectivity index (χ0v) is 10.8. The Labute approximate surface area is 118 Å². The highest BCUT2D eigenvalue weighted by Gasteiger charge is 2.11. The molecule has 4 aromatic rings. The molecule has 0 atom stereocenters. The second-order valence-corrected chi connectivity index (χ2v) is 4.60. The topological polar surface area (TPSA) is 99.4 Å². The summed E-state index contributed by atoms with van der Waals surface area (Å²) < 4.78 is 0. The molecule has 21 heavy (non-hydrogen) atoms. The van der Waals surface area contributed by atoms with Gasteiger partial charge in [0, 0.05) is 22.8 Å². The van der Waals surface area contributed by atoms with Crippen LogP contribution < -0.4 is 5.32 Å². The molecule has 0 amide bonds. The lowest BCUT2D eigenvalue weighted by Gasteiger charge is -2.07. The first kappa shape index (κ1) is 11.6. The van der Waals surface area contributed by atoms with Crippen LogP contribution in [0, 0.1) is 0 Å². The normalized spacial score (nSPS) is 11.0. The number of nitrogens with zero attached hydrogens (tertiary/aromatic N) is 3. The molecular weight excluding hydrogens is 268 g/mol. The molecule has 0 spiro atoms. The van der Waals surface area contributed by atoms with E-state index < -0.39 is 0 Å². The first-order valence-electron chi connectivity index (χ1n) is 6.32. The molecule has 0 aliphatic heterocycles. The zero-order valence-electron chi connectivity index (χ0n) is 10.8. The molecule has 0 unspecified atom stereocenters. The number of carbonyl (C=O) groups excluding carboxylic acids is 1. The minimum atomic E-state index is 0.525. The summed E-state index contributed by atoms with van der Waals surface area (Å²) in [7, 11) is 0. The minimum Gasteiger partial charge on any atom is -0.345 e. The SMILES string of the molecule is O=Cc1c[nH]c2ncnc(Nc3ccc4[nH]ncc4c3)c12. The third-order valence-electron chi connectivity index (χ3n) is 3.33. The molecule has 3 heterocycles. The van der Waals surface area contributed by atoms with E-state index in [1.807, 2.05) is 18.2 Å². The van der Waals surface area contributed by atoms with Gasteiger partial charge in [-0.1, -0.05) is 0 Å². The Hall–Kier alpha value is -3.22. The van der Waals surface area contributed by atoms with Crippen LogP contribution in [0.1, 0.15) is 10.4 Å². The number of hydrogen-bond donors (Lipinski definition) is 3. The fraction of sp³-hybridized carbons (Fsp3) is 0. The molecule has 0 saturated heterocycles. The lowest BCUT2D eigenvalue weighted by Crippen LogP contribution is -1.96. The Balaban J connectivity index is 1.82. The second-order valence-electron chi connectivity index (χ2n) is 4.60. The monoisotopic (exact) mass is 278 g/mol. The van der Waals surface area contributed by atoms with Crippen molar-refractivity contribution in [3.8, 4) is 0 Å². The van der Waals surface area contributed by atoms with Crippen LogP contribution in [0.3, 0.4) is 0 Å². The highest BCUT2D eigenvalue weighted by Crippen LogP contribution is 2.26. The lowest BCUT2D eigenvalue weighted by atomic mass is 10.2. The minimum absolute atomic E-state index is 0.525. The molecule has 4 rings (SSSR count). The molecule has 3 aromatic heterocycles. The van der Waals surface area contributed by atoms with E-state index in [1.165, 1.54) is 6.33 Å². The first-order chi connectivity index (χ1) is 10.3. The van der Waals surface area contributed by atoms with Crippen molar-refractivity contribution in [2.24, 2.45) is 0 Å². The van der Waals surface area contributed by atoms with E-state index in [4.69, 9.17) is 0 Å². The van der Waals surface area contributed by atoms with E-state index in [0.717, 1.165) is 22.9 Å². The van der Waals surface area contributed by atoms with Crippen LogP contribution in [0.25, 0.3) is 21.9 Å². The second kappa shape index (κ2) is 4.41. The third-order valence-corrected chi connectivity index (χ3v) is 3.33. The van der Waals surface area contributed by atoms with Crippen molar-refractivity contribution in [2.75, 3.05) is 5.32 Å². The van der Waals surface area contributed by atoms with Crippen LogP contribution in [0.15, 0.2) is 36.9 Å². The molecule has 7 heteroatoms. The number of carbonyl (C=O) groups is 1. The Morgan fingerprint density at radius 3 is 3.10 bits per heavy atom.